The summed E-state index contributed by atoms with van der Waals surface area (Å²) in [4.78, 5) is 4.70. The number of hydrogen-bond donors (Lipinski definition) is 0. The van der Waals surface area contributed by atoms with E-state index in [0.717, 1.165) is 50.3 Å². The Balaban J connectivity index is 0.00000417. The van der Waals surface area contributed by atoms with Gasteiger partial charge in [-0.25, -0.2) is 4.98 Å². The van der Waals surface area contributed by atoms with E-state index in [-0.39, 0.29) is 26.5 Å². The first-order valence-electron chi connectivity index (χ1n) is 16.6. The number of rotatable bonds is 5. The van der Waals surface area contributed by atoms with Crippen LogP contribution in [0.25, 0.3) is 44.4 Å². The van der Waals surface area contributed by atoms with Crippen LogP contribution in [0.5, 0.6) is 11.5 Å². The van der Waals surface area contributed by atoms with E-state index in [4.69, 9.17) is 14.8 Å². The number of benzene rings is 4. The first-order valence-corrected chi connectivity index (χ1v) is 16.6. The fourth-order valence-corrected chi connectivity index (χ4v) is 7.60. The molecule has 0 saturated carbocycles. The van der Waals surface area contributed by atoms with Crippen LogP contribution in [0.2, 0.25) is 0 Å². The molecule has 0 radical (unpaired) electrons. The predicted molar refractivity (Wildman–Crippen MR) is 197 cm³/mol. The Kier molecular flexibility index (Phi) is 8.96. The Hall–Kier alpha value is -4.47. The van der Waals surface area contributed by atoms with Gasteiger partial charge in [0.25, 0.3) is 0 Å². The van der Waals surface area contributed by atoms with E-state index in [1.807, 2.05) is 41.2 Å². The van der Waals surface area contributed by atoms with Crippen LogP contribution in [0, 0.1) is 60.6 Å². The third-order valence-electron chi connectivity index (χ3n) is 9.80. The van der Waals surface area contributed by atoms with E-state index in [0.29, 0.717) is 11.5 Å². The summed E-state index contributed by atoms with van der Waals surface area (Å²) in [6, 6.07) is 29.6. The minimum atomic E-state index is 0. The topological polar surface area (TPSA) is 44.9 Å². The van der Waals surface area contributed by atoms with Crippen LogP contribution in [-0.4, -0.2) is 19.3 Å². The molecule has 6 heteroatoms. The normalized spacial score (nSPS) is 11.7. The van der Waals surface area contributed by atoms with Gasteiger partial charge in [-0.05, 0) is 122 Å². The van der Waals surface area contributed by atoms with Crippen molar-refractivity contribution in [1.82, 2.24) is 19.3 Å². The monoisotopic (exact) mass is 825 g/mol. The Labute approximate surface area is 304 Å². The maximum Gasteiger partial charge on any atom is 2.00 e. The molecule has 0 aliphatic heterocycles. The third-order valence-corrected chi connectivity index (χ3v) is 9.80. The van der Waals surface area contributed by atoms with E-state index in [1.54, 1.807) is 0 Å². The fraction of sp³-hybridized carbons (Fsp3) is 0.256. The minimum Gasteiger partial charge on any atom is -0.509 e. The molecule has 0 amide bonds. The van der Waals surface area contributed by atoms with E-state index in [2.05, 4.69) is 122 Å². The first kappa shape index (κ1) is 34.4. The zero-order valence-corrected chi connectivity index (χ0v) is 32.2. The maximum absolute atomic E-state index is 6.45. The van der Waals surface area contributed by atoms with Gasteiger partial charge in [0.05, 0.1) is 5.69 Å². The zero-order chi connectivity index (χ0) is 34.1. The average Bonchev–Trinajstić information content (AvgIpc) is 3.53. The van der Waals surface area contributed by atoms with Crippen molar-refractivity contribution in [2.45, 2.75) is 74.7 Å². The number of aromatic nitrogens is 4. The molecule has 0 spiro atoms. The molecule has 7 aromatic rings. The van der Waals surface area contributed by atoms with Crippen LogP contribution in [0.4, 0.5) is 0 Å². The average molecular weight is 826 g/mol. The quantitative estimate of drug-likeness (QED) is 0.162. The summed E-state index contributed by atoms with van der Waals surface area (Å²) >= 11 is 0. The van der Waals surface area contributed by atoms with Gasteiger partial charge in [0, 0.05) is 34.5 Å². The molecule has 0 unspecified atom stereocenters. The van der Waals surface area contributed by atoms with Crippen LogP contribution >= 0.6 is 0 Å². The van der Waals surface area contributed by atoms with Gasteiger partial charge in [0.2, 0.25) is 0 Å². The first-order chi connectivity index (χ1) is 22.8. The van der Waals surface area contributed by atoms with Crippen LogP contribution in [0.3, 0.4) is 0 Å². The second-order valence-corrected chi connectivity index (χ2v) is 14.1. The molecule has 250 valence electrons. The summed E-state index contributed by atoms with van der Waals surface area (Å²) in [6.45, 7) is 22.3. The molecule has 3 aromatic heterocycles. The van der Waals surface area contributed by atoms with E-state index < -0.39 is 0 Å². The Morgan fingerprint density at radius 1 is 0.694 bits per heavy atom. The van der Waals surface area contributed by atoms with Gasteiger partial charge < -0.3 is 9.30 Å². The Morgan fingerprint density at radius 3 is 2.08 bits per heavy atom. The molecule has 0 bridgehead atoms. The van der Waals surface area contributed by atoms with Gasteiger partial charge in [-0.3, -0.25) is 4.68 Å². The molecule has 0 fully saturated rings. The summed E-state index contributed by atoms with van der Waals surface area (Å²) in [5.74, 6) is 2.06. The molecule has 5 nitrogen and oxygen atoms in total. The van der Waals surface area contributed by atoms with Gasteiger partial charge in [0.15, 0.2) is 0 Å². The largest absolute Gasteiger partial charge is 2.00 e. The molecule has 0 saturated heterocycles. The number of para-hydroxylation sites is 1. The van der Waals surface area contributed by atoms with Crippen LogP contribution in [-0.2, 0) is 26.5 Å². The van der Waals surface area contributed by atoms with Crippen molar-refractivity contribution in [2.75, 3.05) is 0 Å². The molecule has 0 aliphatic rings. The molecule has 7 rings (SSSR count). The second kappa shape index (κ2) is 12.8. The smallest absolute Gasteiger partial charge is 0.509 e. The van der Waals surface area contributed by atoms with Gasteiger partial charge >= 0.3 is 21.1 Å². The number of fused-ring (bicyclic) bond motifs is 3. The number of hydrogen-bond acceptors (Lipinski definition) is 3. The summed E-state index contributed by atoms with van der Waals surface area (Å²) in [5, 5.41) is 7.29. The molecular weight excluding hydrogens is 784 g/mol. The molecular formula is C43H42N4OPt. The second-order valence-electron chi connectivity index (χ2n) is 14.1. The van der Waals surface area contributed by atoms with Crippen molar-refractivity contribution in [2.24, 2.45) is 0 Å². The number of ether oxygens (including phenoxy) is 1. The van der Waals surface area contributed by atoms with Gasteiger partial charge in [-0.1, -0.05) is 44.5 Å². The maximum atomic E-state index is 6.45. The van der Waals surface area contributed by atoms with Crippen molar-refractivity contribution < 1.29 is 25.8 Å². The van der Waals surface area contributed by atoms with Crippen molar-refractivity contribution >= 4 is 21.8 Å². The molecule has 0 aliphatic carbocycles. The molecule has 0 atom stereocenters. The van der Waals surface area contributed by atoms with Crippen molar-refractivity contribution in [3.63, 3.8) is 0 Å². The summed E-state index contributed by atoms with van der Waals surface area (Å²) in [7, 11) is 0. The number of aryl methyl sites for hydroxylation is 2. The van der Waals surface area contributed by atoms with E-state index >= 15 is 0 Å². The van der Waals surface area contributed by atoms with Crippen molar-refractivity contribution in [3.8, 4) is 34.1 Å². The van der Waals surface area contributed by atoms with Crippen LogP contribution in [0.1, 0.15) is 65.5 Å². The standard InChI is InChI=1S/C43H42N4O.Pt/c1-25-20-21-44-39(22-25)46-37-17-12-11-16-35(37)36-19-18-34(24-38(36)46)48-33-15-13-14-32(23-33)47-31(7)41(30(6)45-47)40-26(2)28(4)42(43(8,9)10)29(5)27(40)3;/h11-22H,1-10H3;/q-2;+2. The van der Waals surface area contributed by atoms with Crippen molar-refractivity contribution in [3.05, 3.63) is 130 Å². The Bertz CT molecular complexity index is 2360. The number of pyridine rings is 1. The Morgan fingerprint density at radius 2 is 1.39 bits per heavy atom. The molecule has 49 heavy (non-hydrogen) atoms. The zero-order valence-electron chi connectivity index (χ0n) is 29.9. The van der Waals surface area contributed by atoms with Crippen LogP contribution in [0.15, 0.2) is 72.9 Å². The summed E-state index contributed by atoms with van der Waals surface area (Å²) in [6.07, 6.45) is 1.85. The SMILES string of the molecule is Cc1ccnc(-n2c3[c-]c(Oc4[c-]c(-n5nc(C)c(-c6c(C)c(C)c(C(C)(C)C)c(C)c6C)c5C)ccc4)ccc3c3ccccc32)c1.[Pt+2]. The molecule has 3 heterocycles. The van der Waals surface area contributed by atoms with E-state index in [1.165, 1.54) is 38.9 Å². The number of nitrogens with zero attached hydrogens (tertiary/aromatic N) is 4. The van der Waals surface area contributed by atoms with Crippen molar-refractivity contribution in [1.29, 1.82) is 0 Å². The minimum absolute atomic E-state index is 0. The fourth-order valence-electron chi connectivity index (χ4n) is 7.60. The van der Waals surface area contributed by atoms with Gasteiger partial charge in [0.1, 0.15) is 5.82 Å². The van der Waals surface area contributed by atoms with Gasteiger partial charge in [-0.2, -0.15) is 17.2 Å². The summed E-state index contributed by atoms with van der Waals surface area (Å²) < 4.78 is 10.6. The predicted octanol–water partition coefficient (Wildman–Crippen LogP) is 10.9. The summed E-state index contributed by atoms with van der Waals surface area (Å²) in [5.41, 5.74) is 15.4. The van der Waals surface area contributed by atoms with Crippen LogP contribution < -0.4 is 4.74 Å². The molecule has 4 aromatic carbocycles. The third kappa shape index (κ3) is 5.82. The van der Waals surface area contributed by atoms with E-state index in [9.17, 15) is 0 Å². The molecule has 0 N–H and O–H groups in total. The van der Waals surface area contributed by atoms with Gasteiger partial charge in [-0.15, -0.1) is 35.7 Å².